The molecule has 0 fully saturated rings. The van der Waals surface area contributed by atoms with Gasteiger partial charge in [-0.25, -0.2) is 14.2 Å². The Hall–Kier alpha value is -5.22. The molecular weight excluding hydrogens is 621 g/mol. The van der Waals surface area contributed by atoms with Crippen LogP contribution in [0.2, 0.25) is 5.02 Å². The SMILES string of the molecule is CCCn1cnnc1Cn1c(Cc2ccc(-c3cccc4c3OC(C)(c3ccc(Cl)cc3F)O4)cc2)nc2ccc(C(=O)OC)cc21. The molecule has 0 amide bonds. The number of carbonyl (C=O) groups is 1. The number of nitrogens with zero attached hydrogens (tertiary/aromatic N) is 5. The normalized spacial score (nSPS) is 15.3. The highest BCUT2D eigenvalue weighted by Crippen LogP contribution is 2.49. The summed E-state index contributed by atoms with van der Waals surface area (Å²) in [7, 11) is 1.37. The molecule has 4 aromatic carbocycles. The molecule has 0 radical (unpaired) electrons. The maximum atomic E-state index is 14.9. The van der Waals surface area contributed by atoms with Crippen molar-refractivity contribution in [2.24, 2.45) is 0 Å². The van der Waals surface area contributed by atoms with Crippen LogP contribution in [0.15, 0.2) is 85.2 Å². The Morgan fingerprint density at radius 1 is 1.02 bits per heavy atom. The number of imidazole rings is 1. The van der Waals surface area contributed by atoms with Crippen LogP contribution in [0, 0.1) is 5.82 Å². The van der Waals surface area contributed by atoms with Crippen molar-refractivity contribution >= 4 is 28.6 Å². The van der Waals surface area contributed by atoms with Crippen molar-refractivity contribution in [1.82, 2.24) is 24.3 Å². The number of hydrogen-bond donors (Lipinski definition) is 0. The third-order valence-electron chi connectivity index (χ3n) is 8.34. The first-order chi connectivity index (χ1) is 22.8. The molecule has 0 N–H and O–H groups in total. The summed E-state index contributed by atoms with van der Waals surface area (Å²) in [5, 5.41) is 8.81. The lowest BCUT2D eigenvalue weighted by atomic mass is 10.0. The van der Waals surface area contributed by atoms with Gasteiger partial charge in [0, 0.05) is 30.5 Å². The van der Waals surface area contributed by atoms with Crippen LogP contribution in [0.4, 0.5) is 4.39 Å². The Bertz CT molecular complexity index is 2130. The highest BCUT2D eigenvalue weighted by atomic mass is 35.5. The first-order valence-corrected chi connectivity index (χ1v) is 15.6. The molecule has 1 unspecified atom stereocenters. The summed E-state index contributed by atoms with van der Waals surface area (Å²) in [5.74, 6) is 0.427. The van der Waals surface area contributed by atoms with Gasteiger partial charge in [-0.3, -0.25) is 0 Å². The molecule has 3 heterocycles. The van der Waals surface area contributed by atoms with Crippen LogP contribution in [-0.2, 0) is 30.0 Å². The van der Waals surface area contributed by atoms with E-state index in [1.165, 1.54) is 13.2 Å². The van der Waals surface area contributed by atoms with E-state index in [9.17, 15) is 9.18 Å². The van der Waals surface area contributed by atoms with E-state index in [2.05, 4.69) is 21.7 Å². The molecule has 238 valence electrons. The first-order valence-electron chi connectivity index (χ1n) is 15.3. The van der Waals surface area contributed by atoms with E-state index in [1.807, 2.05) is 59.2 Å². The summed E-state index contributed by atoms with van der Waals surface area (Å²) in [6.45, 7) is 5.03. The lowest BCUT2D eigenvalue weighted by molar-refractivity contribution is -0.0705. The predicted molar refractivity (Wildman–Crippen MR) is 175 cm³/mol. The third kappa shape index (κ3) is 5.69. The Labute approximate surface area is 275 Å². The number of ether oxygens (including phenoxy) is 3. The van der Waals surface area contributed by atoms with Crippen molar-refractivity contribution in [3.63, 3.8) is 0 Å². The number of methoxy groups -OCH3 is 1. The largest absolute Gasteiger partial charge is 0.465 e. The fourth-order valence-corrected chi connectivity index (χ4v) is 6.16. The van der Waals surface area contributed by atoms with Gasteiger partial charge in [0.1, 0.15) is 18.0 Å². The molecule has 0 spiro atoms. The van der Waals surface area contributed by atoms with Crippen molar-refractivity contribution in [2.45, 2.75) is 45.6 Å². The first kappa shape index (κ1) is 30.4. The van der Waals surface area contributed by atoms with Crippen molar-refractivity contribution in [3.05, 3.63) is 124 Å². The highest BCUT2D eigenvalue weighted by molar-refractivity contribution is 6.30. The van der Waals surface area contributed by atoms with E-state index in [1.54, 1.807) is 31.5 Å². The van der Waals surface area contributed by atoms with Gasteiger partial charge >= 0.3 is 5.97 Å². The number of rotatable bonds is 9. The Balaban J connectivity index is 1.20. The monoisotopic (exact) mass is 651 g/mol. The average Bonchev–Trinajstić information content (AvgIpc) is 3.76. The number of halogens is 2. The molecule has 7 rings (SSSR count). The molecular formula is C36H31ClFN5O4. The molecule has 6 aromatic rings. The quantitative estimate of drug-likeness (QED) is 0.149. The van der Waals surface area contributed by atoms with Crippen LogP contribution in [0.1, 0.15) is 53.4 Å². The van der Waals surface area contributed by atoms with Gasteiger partial charge < -0.3 is 23.3 Å². The van der Waals surface area contributed by atoms with Gasteiger partial charge in [-0.1, -0.05) is 54.9 Å². The zero-order valence-corrected chi connectivity index (χ0v) is 26.8. The molecule has 47 heavy (non-hydrogen) atoms. The molecule has 2 aromatic heterocycles. The van der Waals surface area contributed by atoms with E-state index in [0.717, 1.165) is 52.3 Å². The van der Waals surface area contributed by atoms with Crippen molar-refractivity contribution in [2.75, 3.05) is 7.11 Å². The highest BCUT2D eigenvalue weighted by Gasteiger charge is 2.42. The van der Waals surface area contributed by atoms with Crippen molar-refractivity contribution < 1.29 is 23.4 Å². The van der Waals surface area contributed by atoms with Crippen LogP contribution in [-0.4, -0.2) is 37.4 Å². The number of aryl methyl sites for hydroxylation is 1. The molecule has 0 bridgehead atoms. The van der Waals surface area contributed by atoms with Gasteiger partial charge in [-0.05, 0) is 60.0 Å². The molecule has 0 saturated carbocycles. The number of hydrogen-bond acceptors (Lipinski definition) is 7. The molecule has 9 nitrogen and oxygen atoms in total. The Morgan fingerprint density at radius 2 is 1.85 bits per heavy atom. The lowest BCUT2D eigenvalue weighted by Crippen LogP contribution is -2.32. The third-order valence-corrected chi connectivity index (χ3v) is 8.57. The van der Waals surface area contributed by atoms with Crippen LogP contribution >= 0.6 is 11.6 Å². The predicted octanol–water partition coefficient (Wildman–Crippen LogP) is 7.57. The summed E-state index contributed by atoms with van der Waals surface area (Å²) >= 11 is 5.98. The number of aromatic nitrogens is 5. The fourth-order valence-electron chi connectivity index (χ4n) is 6.01. The summed E-state index contributed by atoms with van der Waals surface area (Å²) in [4.78, 5) is 17.3. The van der Waals surface area contributed by atoms with Crippen LogP contribution in [0.25, 0.3) is 22.2 Å². The molecule has 1 aliphatic heterocycles. The zero-order valence-electron chi connectivity index (χ0n) is 26.0. The smallest absolute Gasteiger partial charge is 0.337 e. The molecule has 0 saturated heterocycles. The minimum Gasteiger partial charge on any atom is -0.465 e. The number of carbonyl (C=O) groups excluding carboxylic acids is 1. The zero-order chi connectivity index (χ0) is 32.7. The summed E-state index contributed by atoms with van der Waals surface area (Å²) in [6.07, 6.45) is 3.21. The standard InChI is InChI=1S/C36H31ClFN5O4/c1-4-16-42-21-39-41-33(42)20-43-30-18-24(35(44)45-3)12-15-29(30)40-32(43)17-22-8-10-23(11-9-22)26-6-5-7-31-34(26)47-36(2,46-31)27-14-13-25(37)19-28(27)38/h5-15,18-19,21H,4,16-17,20H2,1-3H3. The van der Waals surface area contributed by atoms with Gasteiger partial charge in [0.05, 0.1) is 35.8 Å². The van der Waals surface area contributed by atoms with Gasteiger partial charge in [-0.15, -0.1) is 10.2 Å². The summed E-state index contributed by atoms with van der Waals surface area (Å²) < 4.78 is 36.4. The van der Waals surface area contributed by atoms with Crippen molar-refractivity contribution in [3.8, 4) is 22.6 Å². The van der Waals surface area contributed by atoms with E-state index >= 15 is 0 Å². The summed E-state index contributed by atoms with van der Waals surface area (Å²) in [5.41, 5.74) is 5.05. The maximum Gasteiger partial charge on any atom is 0.337 e. The van der Waals surface area contributed by atoms with Gasteiger partial charge in [0.2, 0.25) is 0 Å². The van der Waals surface area contributed by atoms with Gasteiger partial charge in [0.15, 0.2) is 17.3 Å². The molecule has 1 aliphatic rings. The maximum absolute atomic E-state index is 14.9. The molecule has 1 atom stereocenters. The second kappa shape index (κ2) is 12.2. The number of benzene rings is 4. The van der Waals surface area contributed by atoms with E-state index in [4.69, 9.17) is 30.8 Å². The average molecular weight is 652 g/mol. The Kier molecular flexibility index (Phi) is 7.89. The Morgan fingerprint density at radius 3 is 2.62 bits per heavy atom. The van der Waals surface area contributed by atoms with Gasteiger partial charge in [-0.2, -0.15) is 0 Å². The lowest BCUT2D eigenvalue weighted by Gasteiger charge is -2.24. The minimum absolute atomic E-state index is 0.258. The van der Waals surface area contributed by atoms with E-state index in [-0.39, 0.29) is 5.56 Å². The summed E-state index contributed by atoms with van der Waals surface area (Å²) in [6, 6.07) is 23.6. The van der Waals surface area contributed by atoms with Gasteiger partial charge in [0.25, 0.3) is 5.79 Å². The molecule has 11 heteroatoms. The van der Waals surface area contributed by atoms with Crippen LogP contribution in [0.3, 0.4) is 0 Å². The van der Waals surface area contributed by atoms with Crippen LogP contribution < -0.4 is 9.47 Å². The van der Waals surface area contributed by atoms with E-state index < -0.39 is 17.6 Å². The topological polar surface area (TPSA) is 93.3 Å². The second-order valence-corrected chi connectivity index (χ2v) is 12.0. The van der Waals surface area contributed by atoms with E-state index in [0.29, 0.717) is 35.1 Å². The minimum atomic E-state index is -1.35. The van der Waals surface area contributed by atoms with Crippen LogP contribution in [0.5, 0.6) is 11.5 Å². The molecule has 0 aliphatic carbocycles. The second-order valence-electron chi connectivity index (χ2n) is 11.5. The fraction of sp³-hybridized carbons (Fsp3) is 0.222. The number of esters is 1. The van der Waals surface area contributed by atoms with Crippen molar-refractivity contribution in [1.29, 1.82) is 0 Å². The number of para-hydroxylation sites is 1. The number of fused-ring (bicyclic) bond motifs is 2.